The van der Waals surface area contributed by atoms with Crippen LogP contribution in [0.2, 0.25) is 0 Å². The topological polar surface area (TPSA) is 20.3 Å². The SMILES string of the molecule is C=C(CCl)CN1CCC(C(C)C)CCC1=O. The quantitative estimate of drug-likeness (QED) is 0.549. The summed E-state index contributed by atoms with van der Waals surface area (Å²) >= 11 is 5.70. The lowest BCUT2D eigenvalue weighted by Gasteiger charge is -2.22. The van der Waals surface area contributed by atoms with Gasteiger partial charge in [0.2, 0.25) is 5.91 Å². The molecule has 92 valence electrons. The molecular weight excluding hydrogens is 222 g/mol. The van der Waals surface area contributed by atoms with Crippen LogP contribution in [0.4, 0.5) is 0 Å². The molecule has 1 atom stereocenters. The van der Waals surface area contributed by atoms with E-state index in [1.54, 1.807) is 0 Å². The van der Waals surface area contributed by atoms with Gasteiger partial charge in [0, 0.05) is 25.4 Å². The summed E-state index contributed by atoms with van der Waals surface area (Å²) in [6.07, 6.45) is 2.82. The molecule has 0 bridgehead atoms. The van der Waals surface area contributed by atoms with E-state index in [4.69, 9.17) is 11.6 Å². The molecule has 0 N–H and O–H groups in total. The van der Waals surface area contributed by atoms with Gasteiger partial charge in [0.25, 0.3) is 0 Å². The van der Waals surface area contributed by atoms with Gasteiger partial charge in [-0.2, -0.15) is 0 Å². The zero-order valence-electron chi connectivity index (χ0n) is 10.3. The van der Waals surface area contributed by atoms with Crippen LogP contribution < -0.4 is 0 Å². The van der Waals surface area contributed by atoms with Gasteiger partial charge in [0.15, 0.2) is 0 Å². The van der Waals surface area contributed by atoms with E-state index in [1.807, 2.05) is 4.90 Å². The van der Waals surface area contributed by atoms with Crippen LogP contribution in [0.3, 0.4) is 0 Å². The molecule has 3 heteroatoms. The van der Waals surface area contributed by atoms with E-state index in [0.29, 0.717) is 30.7 Å². The van der Waals surface area contributed by atoms with Crippen LogP contribution in [0.15, 0.2) is 12.2 Å². The van der Waals surface area contributed by atoms with Crippen molar-refractivity contribution >= 4 is 17.5 Å². The molecular formula is C13H22ClNO. The number of alkyl halides is 1. The average molecular weight is 244 g/mol. The minimum atomic E-state index is 0.259. The molecule has 1 saturated heterocycles. The molecule has 0 aromatic heterocycles. The maximum absolute atomic E-state index is 11.9. The summed E-state index contributed by atoms with van der Waals surface area (Å²) in [4.78, 5) is 13.8. The lowest BCUT2D eigenvalue weighted by atomic mass is 9.89. The van der Waals surface area contributed by atoms with Crippen LogP contribution in [-0.2, 0) is 4.79 Å². The van der Waals surface area contributed by atoms with Crippen LogP contribution in [0.5, 0.6) is 0 Å². The second-order valence-corrected chi connectivity index (χ2v) is 5.30. The zero-order valence-corrected chi connectivity index (χ0v) is 11.1. The summed E-state index contributed by atoms with van der Waals surface area (Å²) in [5.41, 5.74) is 0.929. The second kappa shape index (κ2) is 6.29. The van der Waals surface area contributed by atoms with E-state index in [9.17, 15) is 4.79 Å². The largest absolute Gasteiger partial charge is 0.339 e. The van der Waals surface area contributed by atoms with Crippen molar-refractivity contribution in [3.63, 3.8) is 0 Å². The fraction of sp³-hybridized carbons (Fsp3) is 0.769. The molecule has 2 nitrogen and oxygen atoms in total. The first-order valence-electron chi connectivity index (χ1n) is 6.05. The number of nitrogens with zero attached hydrogens (tertiary/aromatic N) is 1. The second-order valence-electron chi connectivity index (χ2n) is 5.03. The first-order valence-corrected chi connectivity index (χ1v) is 6.58. The van der Waals surface area contributed by atoms with Gasteiger partial charge in [0.1, 0.15) is 0 Å². The fourth-order valence-corrected chi connectivity index (χ4v) is 2.29. The van der Waals surface area contributed by atoms with Crippen molar-refractivity contribution in [3.05, 3.63) is 12.2 Å². The number of hydrogen-bond acceptors (Lipinski definition) is 1. The average Bonchev–Trinajstić information content (AvgIpc) is 2.42. The standard InChI is InChI=1S/C13H22ClNO/c1-10(2)12-4-5-13(16)15(7-6-12)9-11(3)8-14/h10,12H,3-9H2,1-2H3. The van der Waals surface area contributed by atoms with Crippen LogP contribution in [0.25, 0.3) is 0 Å². The third-order valence-corrected chi connectivity index (χ3v) is 3.78. The Morgan fingerprint density at radius 3 is 2.81 bits per heavy atom. The number of carbonyl (C=O) groups excluding carboxylic acids is 1. The van der Waals surface area contributed by atoms with Crippen LogP contribution >= 0.6 is 11.6 Å². The summed E-state index contributed by atoms with van der Waals surface area (Å²) in [6, 6.07) is 0. The van der Waals surface area contributed by atoms with Crippen LogP contribution in [0, 0.1) is 11.8 Å². The van der Waals surface area contributed by atoms with E-state index in [0.717, 1.165) is 25.0 Å². The smallest absolute Gasteiger partial charge is 0.222 e. The van der Waals surface area contributed by atoms with Crippen molar-refractivity contribution in [1.29, 1.82) is 0 Å². The first kappa shape index (κ1) is 13.6. The lowest BCUT2D eigenvalue weighted by Crippen LogP contribution is -2.32. The van der Waals surface area contributed by atoms with Gasteiger partial charge in [-0.25, -0.2) is 0 Å². The highest BCUT2D eigenvalue weighted by Crippen LogP contribution is 2.25. The molecule has 1 unspecified atom stereocenters. The Bertz CT molecular complexity index is 263. The van der Waals surface area contributed by atoms with Gasteiger partial charge in [-0.3, -0.25) is 4.79 Å². The van der Waals surface area contributed by atoms with Crippen molar-refractivity contribution in [3.8, 4) is 0 Å². The van der Waals surface area contributed by atoms with Gasteiger partial charge in [-0.15, -0.1) is 11.6 Å². The molecule has 16 heavy (non-hydrogen) atoms. The van der Waals surface area contributed by atoms with E-state index in [2.05, 4.69) is 20.4 Å². The number of likely N-dealkylation sites (tertiary alicyclic amines) is 1. The van der Waals surface area contributed by atoms with Gasteiger partial charge >= 0.3 is 0 Å². The highest BCUT2D eigenvalue weighted by atomic mass is 35.5. The predicted octanol–water partition coefficient (Wildman–Crippen LogP) is 3.07. The van der Waals surface area contributed by atoms with E-state index < -0.39 is 0 Å². The van der Waals surface area contributed by atoms with Crippen molar-refractivity contribution in [1.82, 2.24) is 4.90 Å². The number of hydrogen-bond donors (Lipinski definition) is 0. The summed E-state index contributed by atoms with van der Waals surface area (Å²) in [7, 11) is 0. The molecule has 0 aromatic rings. The van der Waals surface area contributed by atoms with Crippen molar-refractivity contribution < 1.29 is 4.79 Å². The Morgan fingerprint density at radius 2 is 2.25 bits per heavy atom. The Kier molecular flexibility index (Phi) is 5.33. The lowest BCUT2D eigenvalue weighted by molar-refractivity contribution is -0.130. The minimum Gasteiger partial charge on any atom is -0.339 e. The molecule has 0 aliphatic carbocycles. The van der Waals surface area contributed by atoms with Crippen LogP contribution in [0.1, 0.15) is 33.1 Å². The van der Waals surface area contributed by atoms with Crippen LogP contribution in [-0.4, -0.2) is 29.8 Å². The maximum atomic E-state index is 11.9. The van der Waals surface area contributed by atoms with Crippen molar-refractivity contribution in [2.24, 2.45) is 11.8 Å². The Balaban J connectivity index is 2.54. The number of amides is 1. The molecule has 1 aliphatic heterocycles. The third kappa shape index (κ3) is 3.82. The molecule has 0 aromatic carbocycles. The minimum absolute atomic E-state index is 0.259. The number of halogens is 1. The highest BCUT2D eigenvalue weighted by molar-refractivity contribution is 6.19. The van der Waals surface area contributed by atoms with Crippen molar-refractivity contribution in [2.75, 3.05) is 19.0 Å². The number of carbonyl (C=O) groups is 1. The molecule has 0 spiro atoms. The Labute approximate surface area is 104 Å². The summed E-state index contributed by atoms with van der Waals surface area (Å²) < 4.78 is 0. The van der Waals surface area contributed by atoms with E-state index in [1.165, 1.54) is 0 Å². The monoisotopic (exact) mass is 243 g/mol. The van der Waals surface area contributed by atoms with Gasteiger partial charge in [-0.05, 0) is 30.3 Å². The molecule has 0 saturated carbocycles. The molecule has 1 amide bonds. The first-order chi connectivity index (χ1) is 7.54. The Hall–Kier alpha value is -0.500. The third-order valence-electron chi connectivity index (χ3n) is 3.40. The Morgan fingerprint density at radius 1 is 1.56 bits per heavy atom. The zero-order chi connectivity index (χ0) is 12.1. The molecule has 1 rings (SSSR count). The molecule has 1 fully saturated rings. The van der Waals surface area contributed by atoms with Gasteiger partial charge in [-0.1, -0.05) is 20.4 Å². The van der Waals surface area contributed by atoms with Gasteiger partial charge in [0.05, 0.1) is 0 Å². The highest BCUT2D eigenvalue weighted by Gasteiger charge is 2.24. The fourth-order valence-electron chi connectivity index (χ4n) is 2.20. The van der Waals surface area contributed by atoms with Crippen molar-refractivity contribution in [2.45, 2.75) is 33.1 Å². The molecule has 0 radical (unpaired) electrons. The maximum Gasteiger partial charge on any atom is 0.222 e. The van der Waals surface area contributed by atoms with Gasteiger partial charge < -0.3 is 4.90 Å². The summed E-state index contributed by atoms with van der Waals surface area (Å²) in [5, 5.41) is 0. The summed E-state index contributed by atoms with van der Waals surface area (Å²) in [5.74, 6) is 2.05. The molecule has 1 heterocycles. The normalized spacial score (nSPS) is 22.4. The van der Waals surface area contributed by atoms with E-state index in [-0.39, 0.29) is 5.91 Å². The number of rotatable bonds is 4. The summed E-state index contributed by atoms with van der Waals surface area (Å²) in [6.45, 7) is 9.83. The van der Waals surface area contributed by atoms with E-state index >= 15 is 0 Å². The molecule has 1 aliphatic rings. The predicted molar refractivity (Wildman–Crippen MR) is 68.6 cm³/mol.